The number of hydrogen-bond acceptors (Lipinski definition) is 6. The molecule has 0 aliphatic heterocycles. The molecule has 4 aromatic rings. The van der Waals surface area contributed by atoms with Gasteiger partial charge in [-0.3, -0.25) is 15.3 Å². The van der Waals surface area contributed by atoms with Gasteiger partial charge in [-0.2, -0.15) is 0 Å². The lowest BCUT2D eigenvalue weighted by Crippen LogP contribution is -2.31. The highest BCUT2D eigenvalue weighted by Crippen LogP contribution is 2.32. The van der Waals surface area contributed by atoms with E-state index in [1.807, 2.05) is 36.4 Å². The number of fused-ring (bicyclic) bond motifs is 1. The number of hydrogen-bond donors (Lipinski definition) is 4. The molecule has 2 amide bonds. The number of halogens is 1. The van der Waals surface area contributed by atoms with Gasteiger partial charge in [0.25, 0.3) is 5.91 Å². The number of aromatic hydroxyl groups is 1. The van der Waals surface area contributed by atoms with E-state index in [9.17, 15) is 19.1 Å². The van der Waals surface area contributed by atoms with Crippen molar-refractivity contribution in [1.82, 2.24) is 5.48 Å². The first kappa shape index (κ1) is 27.2. The molecule has 0 bridgehead atoms. The number of carbonyl (C=O) groups is 2. The van der Waals surface area contributed by atoms with Crippen molar-refractivity contribution >= 4 is 28.5 Å². The SMILES string of the molecule is O=C(/C=C/CC[C@@H](Oc1ccccc1)[C@H](OC(=O)Nc1cccc2ccccc12)c1ccc(O)c(F)c1)NO. The zero-order valence-corrected chi connectivity index (χ0v) is 20.8. The van der Waals surface area contributed by atoms with Crippen molar-refractivity contribution < 1.29 is 33.8 Å². The number of rotatable bonds is 10. The number of hydroxylamine groups is 1. The molecule has 4 rings (SSSR count). The maximum absolute atomic E-state index is 14.4. The Hall–Kier alpha value is -4.89. The molecule has 9 heteroatoms. The van der Waals surface area contributed by atoms with Crippen LogP contribution >= 0.6 is 0 Å². The molecule has 0 spiro atoms. The second-order valence-corrected chi connectivity index (χ2v) is 8.61. The smallest absolute Gasteiger partial charge is 0.412 e. The fourth-order valence-corrected chi connectivity index (χ4v) is 4.08. The summed E-state index contributed by atoms with van der Waals surface area (Å²) in [4.78, 5) is 24.5. The van der Waals surface area contributed by atoms with E-state index in [4.69, 9.17) is 14.7 Å². The van der Waals surface area contributed by atoms with Gasteiger partial charge >= 0.3 is 6.09 Å². The summed E-state index contributed by atoms with van der Waals surface area (Å²) in [5, 5.41) is 23.0. The van der Waals surface area contributed by atoms with E-state index in [1.165, 1.54) is 23.7 Å². The topological polar surface area (TPSA) is 117 Å². The van der Waals surface area contributed by atoms with Crippen LogP contribution in [0.3, 0.4) is 0 Å². The number of phenols is 1. The lowest BCUT2D eigenvalue weighted by Gasteiger charge is -2.28. The minimum atomic E-state index is -1.10. The van der Waals surface area contributed by atoms with Gasteiger partial charge in [-0.05, 0) is 54.1 Å². The number of para-hydroxylation sites is 1. The standard InChI is InChI=1S/C30H27FN2O6/c31-24-19-21(17-18-26(24)34)29(39-30(36)32-25-14-8-10-20-9-4-5-13-23(20)25)27(15-6-7-16-28(35)33-37)38-22-11-2-1-3-12-22/h1-5,7-14,16-19,27,29,34,37H,6,15H2,(H,32,36)(H,33,35)/b16-7+/t27-,29-/m1/s1. The number of allylic oxidation sites excluding steroid dienone is 1. The first-order valence-corrected chi connectivity index (χ1v) is 12.2. The first-order valence-electron chi connectivity index (χ1n) is 12.2. The Labute approximate surface area is 224 Å². The summed E-state index contributed by atoms with van der Waals surface area (Å²) in [6, 6.07) is 25.5. The summed E-state index contributed by atoms with van der Waals surface area (Å²) in [5.74, 6) is -1.63. The Morgan fingerprint density at radius 1 is 0.949 bits per heavy atom. The minimum absolute atomic E-state index is 0.249. The normalized spacial score (nSPS) is 12.6. The molecule has 200 valence electrons. The van der Waals surface area contributed by atoms with Crippen LogP contribution in [0.2, 0.25) is 0 Å². The summed E-state index contributed by atoms with van der Waals surface area (Å²) in [5.41, 5.74) is 2.31. The predicted octanol–water partition coefficient (Wildman–Crippen LogP) is 6.26. The molecule has 0 unspecified atom stereocenters. The van der Waals surface area contributed by atoms with E-state index in [0.717, 1.165) is 22.9 Å². The third-order valence-corrected chi connectivity index (χ3v) is 5.93. The summed E-state index contributed by atoms with van der Waals surface area (Å²) >= 11 is 0. The first-order chi connectivity index (χ1) is 18.9. The number of amides is 2. The molecule has 0 heterocycles. The molecule has 0 fully saturated rings. The quantitative estimate of drug-likeness (QED) is 0.109. The van der Waals surface area contributed by atoms with Gasteiger partial charge in [0.1, 0.15) is 11.9 Å². The average molecular weight is 531 g/mol. The third kappa shape index (κ3) is 7.33. The van der Waals surface area contributed by atoms with E-state index in [-0.39, 0.29) is 12.0 Å². The molecular formula is C30H27FN2O6. The van der Waals surface area contributed by atoms with Crippen LogP contribution in [0.5, 0.6) is 11.5 Å². The van der Waals surface area contributed by atoms with E-state index >= 15 is 0 Å². The van der Waals surface area contributed by atoms with Crippen LogP contribution in [-0.2, 0) is 9.53 Å². The minimum Gasteiger partial charge on any atom is -0.505 e. The Kier molecular flexibility index (Phi) is 9.10. The van der Waals surface area contributed by atoms with Gasteiger partial charge in [-0.25, -0.2) is 14.7 Å². The molecule has 0 aliphatic rings. The maximum atomic E-state index is 14.4. The van der Waals surface area contributed by atoms with Crippen LogP contribution < -0.4 is 15.5 Å². The Morgan fingerprint density at radius 2 is 1.69 bits per heavy atom. The molecule has 2 atom stereocenters. The number of ether oxygens (including phenoxy) is 2. The largest absolute Gasteiger partial charge is 0.505 e. The van der Waals surface area contributed by atoms with E-state index in [0.29, 0.717) is 17.9 Å². The molecule has 0 aliphatic carbocycles. The predicted molar refractivity (Wildman–Crippen MR) is 144 cm³/mol. The van der Waals surface area contributed by atoms with E-state index < -0.39 is 35.8 Å². The number of carbonyl (C=O) groups excluding carboxylic acids is 2. The lowest BCUT2D eigenvalue weighted by atomic mass is 9.99. The maximum Gasteiger partial charge on any atom is 0.412 e. The van der Waals surface area contributed by atoms with Gasteiger partial charge in [-0.15, -0.1) is 0 Å². The second-order valence-electron chi connectivity index (χ2n) is 8.61. The zero-order valence-electron chi connectivity index (χ0n) is 20.8. The van der Waals surface area contributed by atoms with Crippen LogP contribution in [0.1, 0.15) is 24.5 Å². The van der Waals surface area contributed by atoms with E-state index in [2.05, 4.69) is 5.32 Å². The van der Waals surface area contributed by atoms with Crippen molar-refractivity contribution in [2.45, 2.75) is 25.0 Å². The number of benzene rings is 4. The van der Waals surface area contributed by atoms with Crippen molar-refractivity contribution in [3.8, 4) is 11.5 Å². The highest BCUT2D eigenvalue weighted by atomic mass is 19.1. The average Bonchev–Trinajstić information content (AvgIpc) is 2.95. The van der Waals surface area contributed by atoms with Crippen LogP contribution in [-0.4, -0.2) is 28.4 Å². The van der Waals surface area contributed by atoms with Crippen molar-refractivity contribution in [1.29, 1.82) is 0 Å². The number of anilines is 1. The van der Waals surface area contributed by atoms with Crippen LogP contribution in [0.25, 0.3) is 10.8 Å². The molecule has 0 saturated heterocycles. The number of nitrogens with one attached hydrogen (secondary N) is 2. The van der Waals surface area contributed by atoms with Crippen LogP contribution in [0, 0.1) is 5.82 Å². The molecular weight excluding hydrogens is 503 g/mol. The molecule has 39 heavy (non-hydrogen) atoms. The van der Waals surface area contributed by atoms with Gasteiger partial charge in [0.15, 0.2) is 17.7 Å². The van der Waals surface area contributed by atoms with Gasteiger partial charge < -0.3 is 14.6 Å². The van der Waals surface area contributed by atoms with Crippen molar-refractivity contribution in [3.05, 3.63) is 115 Å². The Bertz CT molecular complexity index is 1460. The summed E-state index contributed by atoms with van der Waals surface area (Å²) in [6.07, 6.45) is 0.517. The summed E-state index contributed by atoms with van der Waals surface area (Å²) < 4.78 is 26.4. The molecule has 0 aromatic heterocycles. The summed E-state index contributed by atoms with van der Waals surface area (Å²) in [6.45, 7) is 0. The van der Waals surface area contributed by atoms with Crippen molar-refractivity contribution in [2.24, 2.45) is 0 Å². The lowest BCUT2D eigenvalue weighted by molar-refractivity contribution is -0.124. The second kappa shape index (κ2) is 13.1. The molecule has 8 nitrogen and oxygen atoms in total. The third-order valence-electron chi connectivity index (χ3n) is 5.93. The van der Waals surface area contributed by atoms with Crippen molar-refractivity contribution in [2.75, 3.05) is 5.32 Å². The number of phenolic OH excluding ortho intramolecular Hbond substituents is 1. The zero-order chi connectivity index (χ0) is 27.6. The van der Waals surface area contributed by atoms with Gasteiger partial charge in [0, 0.05) is 11.5 Å². The Morgan fingerprint density at radius 3 is 2.46 bits per heavy atom. The van der Waals surface area contributed by atoms with Gasteiger partial charge in [0.2, 0.25) is 0 Å². The molecule has 0 radical (unpaired) electrons. The van der Waals surface area contributed by atoms with Crippen LogP contribution in [0.4, 0.5) is 14.9 Å². The highest BCUT2D eigenvalue weighted by Gasteiger charge is 2.30. The fraction of sp³-hybridized carbons (Fsp3) is 0.133. The van der Waals surface area contributed by atoms with Gasteiger partial charge in [0.05, 0.1) is 5.69 Å². The molecule has 4 N–H and O–H groups in total. The van der Waals surface area contributed by atoms with Gasteiger partial charge in [-0.1, -0.05) is 66.7 Å². The fourth-order valence-electron chi connectivity index (χ4n) is 4.08. The molecule has 0 saturated carbocycles. The highest BCUT2D eigenvalue weighted by molar-refractivity contribution is 6.00. The monoisotopic (exact) mass is 530 g/mol. The summed E-state index contributed by atoms with van der Waals surface area (Å²) in [7, 11) is 0. The van der Waals surface area contributed by atoms with Crippen LogP contribution in [0.15, 0.2) is 103 Å². The Balaban J connectivity index is 1.64. The molecule has 4 aromatic carbocycles. The van der Waals surface area contributed by atoms with Crippen molar-refractivity contribution in [3.63, 3.8) is 0 Å². The van der Waals surface area contributed by atoms with E-state index in [1.54, 1.807) is 36.4 Å².